The second-order valence-corrected chi connectivity index (χ2v) is 5.39. The van der Waals surface area contributed by atoms with Gasteiger partial charge in [-0.25, -0.2) is 0 Å². The summed E-state index contributed by atoms with van der Waals surface area (Å²) in [4.78, 5) is 0. The Hall–Kier alpha value is -1.40. The minimum atomic E-state index is 0.558. The number of benzene rings is 1. The second-order valence-electron chi connectivity index (χ2n) is 4.47. The van der Waals surface area contributed by atoms with Gasteiger partial charge < -0.3 is 14.5 Å². The van der Waals surface area contributed by atoms with Crippen molar-refractivity contribution in [1.82, 2.24) is 15.5 Å². The highest BCUT2D eigenvalue weighted by molar-refractivity contribution is 9.10. The van der Waals surface area contributed by atoms with Crippen molar-refractivity contribution < 1.29 is 9.15 Å². The molecular weight excluding hydrogens is 310 g/mol. The summed E-state index contributed by atoms with van der Waals surface area (Å²) in [5, 5.41) is 11.0. The maximum Gasteiger partial charge on any atom is 0.230 e. The van der Waals surface area contributed by atoms with Crippen LogP contribution in [0.3, 0.4) is 0 Å². The molecule has 0 bridgehead atoms. The number of aromatic nitrogens is 2. The molecule has 0 saturated heterocycles. The van der Waals surface area contributed by atoms with Gasteiger partial charge in [0.05, 0.1) is 13.2 Å². The third-order valence-electron chi connectivity index (χ3n) is 2.98. The molecule has 0 amide bonds. The molecule has 1 N–H and O–H groups in total. The van der Waals surface area contributed by atoms with Crippen LogP contribution in [0.5, 0.6) is 5.75 Å². The lowest BCUT2D eigenvalue weighted by molar-refractivity contribution is 0.351. The van der Waals surface area contributed by atoms with Crippen molar-refractivity contribution in [2.75, 3.05) is 6.61 Å². The highest BCUT2D eigenvalue weighted by Gasteiger charge is 2.17. The average Bonchev–Trinajstić information content (AvgIpc) is 2.98. The smallest absolute Gasteiger partial charge is 0.230 e. The average molecular weight is 324 g/mol. The van der Waals surface area contributed by atoms with E-state index in [1.54, 1.807) is 6.92 Å². The number of nitrogens with one attached hydrogen (secondary N) is 1. The fourth-order valence-corrected chi connectivity index (χ4v) is 2.74. The van der Waals surface area contributed by atoms with Crippen LogP contribution in [-0.4, -0.2) is 16.8 Å². The Morgan fingerprint density at radius 2 is 2.21 bits per heavy atom. The predicted molar refractivity (Wildman–Crippen MR) is 72.9 cm³/mol. The van der Waals surface area contributed by atoms with Crippen molar-refractivity contribution in [3.05, 3.63) is 39.5 Å². The minimum absolute atomic E-state index is 0.558. The van der Waals surface area contributed by atoms with E-state index in [1.165, 1.54) is 5.56 Å². The molecule has 1 aromatic carbocycles. The lowest BCUT2D eigenvalue weighted by Gasteiger charge is -2.09. The third-order valence-corrected chi connectivity index (χ3v) is 3.44. The van der Waals surface area contributed by atoms with Gasteiger partial charge in [0.1, 0.15) is 5.75 Å². The Bertz CT molecular complexity index is 598. The van der Waals surface area contributed by atoms with Gasteiger partial charge in [-0.3, -0.25) is 0 Å². The first-order valence-electron chi connectivity index (χ1n) is 6.16. The Kier molecular flexibility index (Phi) is 3.52. The van der Waals surface area contributed by atoms with E-state index in [2.05, 4.69) is 43.6 Å². The van der Waals surface area contributed by atoms with Crippen LogP contribution in [0.25, 0.3) is 0 Å². The van der Waals surface area contributed by atoms with Crippen molar-refractivity contribution in [2.24, 2.45) is 0 Å². The zero-order valence-corrected chi connectivity index (χ0v) is 12.2. The highest BCUT2D eigenvalue weighted by atomic mass is 79.9. The summed E-state index contributed by atoms with van der Waals surface area (Å²) >= 11 is 3.53. The second kappa shape index (κ2) is 5.30. The summed E-state index contributed by atoms with van der Waals surface area (Å²) in [6.45, 7) is 3.82. The van der Waals surface area contributed by atoms with E-state index in [4.69, 9.17) is 9.15 Å². The van der Waals surface area contributed by atoms with E-state index >= 15 is 0 Å². The van der Waals surface area contributed by atoms with E-state index in [9.17, 15) is 0 Å². The highest BCUT2D eigenvalue weighted by Crippen LogP contribution is 2.32. The summed E-state index contributed by atoms with van der Waals surface area (Å²) in [5.41, 5.74) is 2.41. The molecule has 1 aliphatic heterocycles. The molecule has 100 valence electrons. The Morgan fingerprint density at radius 1 is 1.32 bits per heavy atom. The maximum atomic E-state index is 5.68. The normalized spacial score (nSPS) is 13.4. The van der Waals surface area contributed by atoms with Crippen LogP contribution in [0.1, 0.15) is 22.9 Å². The van der Waals surface area contributed by atoms with Crippen molar-refractivity contribution in [3.63, 3.8) is 0 Å². The molecule has 0 radical (unpaired) electrons. The zero-order valence-electron chi connectivity index (χ0n) is 10.6. The molecule has 0 unspecified atom stereocenters. The summed E-state index contributed by atoms with van der Waals surface area (Å²) in [5.74, 6) is 2.20. The van der Waals surface area contributed by atoms with Crippen LogP contribution < -0.4 is 10.1 Å². The van der Waals surface area contributed by atoms with Crippen molar-refractivity contribution in [3.8, 4) is 5.75 Å². The lowest BCUT2D eigenvalue weighted by Crippen LogP contribution is -2.13. The number of nitrogens with zero attached hydrogens (tertiary/aromatic N) is 2. The Morgan fingerprint density at radius 3 is 3.00 bits per heavy atom. The number of ether oxygens (including phenoxy) is 1. The summed E-state index contributed by atoms with van der Waals surface area (Å²) < 4.78 is 12.1. The first-order valence-corrected chi connectivity index (χ1v) is 6.95. The molecule has 5 nitrogen and oxygen atoms in total. The van der Waals surface area contributed by atoms with Crippen LogP contribution >= 0.6 is 15.9 Å². The summed E-state index contributed by atoms with van der Waals surface area (Å²) in [6.07, 6.45) is 0.977. The number of halogens is 1. The molecule has 0 spiro atoms. The number of rotatable bonds is 4. The van der Waals surface area contributed by atoms with E-state index in [-0.39, 0.29) is 0 Å². The van der Waals surface area contributed by atoms with E-state index < -0.39 is 0 Å². The quantitative estimate of drug-likeness (QED) is 0.936. The van der Waals surface area contributed by atoms with E-state index in [0.29, 0.717) is 24.9 Å². The third kappa shape index (κ3) is 2.79. The molecule has 0 saturated carbocycles. The van der Waals surface area contributed by atoms with Gasteiger partial charge in [0, 0.05) is 29.9 Å². The zero-order chi connectivity index (χ0) is 13.2. The van der Waals surface area contributed by atoms with E-state index in [1.807, 2.05) is 0 Å². The molecule has 1 aromatic heterocycles. The Labute approximate surface area is 119 Å². The van der Waals surface area contributed by atoms with Crippen LogP contribution in [0.15, 0.2) is 21.0 Å². The molecule has 0 fully saturated rings. The number of aryl methyl sites for hydroxylation is 1. The first kappa shape index (κ1) is 12.6. The standard InChI is InChI=1S/C13H14BrN3O2/c1-8-16-17-12(19-8)7-15-6-10-5-11(14)4-9-2-3-18-13(9)10/h4-5,15H,2-3,6-7H2,1H3. The largest absolute Gasteiger partial charge is 0.493 e. The van der Waals surface area contributed by atoms with Crippen molar-refractivity contribution in [1.29, 1.82) is 0 Å². The lowest BCUT2D eigenvalue weighted by atomic mass is 10.1. The molecule has 2 aromatic rings. The SMILES string of the molecule is Cc1nnc(CNCc2cc(Br)cc3c2OCC3)o1. The first-order chi connectivity index (χ1) is 9.22. The van der Waals surface area contributed by atoms with Crippen molar-refractivity contribution in [2.45, 2.75) is 26.4 Å². The van der Waals surface area contributed by atoms with Gasteiger partial charge in [0.15, 0.2) is 0 Å². The van der Waals surface area contributed by atoms with Crippen LogP contribution in [0.2, 0.25) is 0 Å². The fourth-order valence-electron chi connectivity index (χ4n) is 2.19. The van der Waals surface area contributed by atoms with Gasteiger partial charge in [0.25, 0.3) is 0 Å². The molecule has 0 atom stereocenters. The predicted octanol–water partition coefficient (Wildman–Crippen LogP) is 2.37. The van der Waals surface area contributed by atoms with Gasteiger partial charge >= 0.3 is 0 Å². The van der Waals surface area contributed by atoms with E-state index in [0.717, 1.165) is 28.8 Å². The molecule has 6 heteroatoms. The molecule has 3 rings (SSSR count). The molecule has 0 aliphatic carbocycles. The van der Waals surface area contributed by atoms with Crippen LogP contribution in [0.4, 0.5) is 0 Å². The van der Waals surface area contributed by atoms with Crippen LogP contribution in [-0.2, 0) is 19.5 Å². The molecule has 1 aliphatic rings. The fraction of sp³-hybridized carbons (Fsp3) is 0.385. The Balaban J connectivity index is 1.67. The molecule has 2 heterocycles. The number of hydrogen-bond donors (Lipinski definition) is 1. The van der Waals surface area contributed by atoms with Crippen LogP contribution in [0, 0.1) is 6.92 Å². The van der Waals surface area contributed by atoms with Gasteiger partial charge in [-0.05, 0) is 17.7 Å². The van der Waals surface area contributed by atoms with Gasteiger partial charge in [0.2, 0.25) is 11.8 Å². The topological polar surface area (TPSA) is 60.2 Å². The van der Waals surface area contributed by atoms with Gasteiger partial charge in [-0.1, -0.05) is 15.9 Å². The van der Waals surface area contributed by atoms with Gasteiger partial charge in [-0.2, -0.15) is 0 Å². The number of hydrogen-bond acceptors (Lipinski definition) is 5. The summed E-state index contributed by atoms with van der Waals surface area (Å²) in [7, 11) is 0. The monoisotopic (exact) mass is 323 g/mol. The van der Waals surface area contributed by atoms with Gasteiger partial charge in [-0.15, -0.1) is 10.2 Å². The maximum absolute atomic E-state index is 5.68. The molecule has 19 heavy (non-hydrogen) atoms. The number of fused-ring (bicyclic) bond motifs is 1. The van der Waals surface area contributed by atoms with Crippen molar-refractivity contribution >= 4 is 15.9 Å². The minimum Gasteiger partial charge on any atom is -0.493 e. The summed E-state index contributed by atoms with van der Waals surface area (Å²) in [6, 6.07) is 4.20. The molecular formula is C13H14BrN3O2.